The highest BCUT2D eigenvalue weighted by atomic mass is 32.1. The second-order valence-electron chi connectivity index (χ2n) is 6.83. The summed E-state index contributed by atoms with van der Waals surface area (Å²) in [6, 6.07) is 13.4. The summed E-state index contributed by atoms with van der Waals surface area (Å²) in [7, 11) is 0. The standard InChI is InChI=1S/C21H18N2O3S/c24-19(9-10-20-23-15-5-1-2-6-18(15)27-20)22-14-7-8-16-17(13-14)26-21(25-16)11-3-4-12-21/h1-2,5-10,13H,3-4,11-12H2,(H,22,24)/b10-9+. The van der Waals surface area contributed by atoms with Gasteiger partial charge in [-0.05, 0) is 43.2 Å². The third-order valence-electron chi connectivity index (χ3n) is 4.86. The number of fused-ring (bicyclic) bond motifs is 2. The Balaban J connectivity index is 1.27. The molecule has 0 unspecified atom stereocenters. The van der Waals surface area contributed by atoms with E-state index in [4.69, 9.17) is 9.47 Å². The maximum Gasteiger partial charge on any atom is 0.251 e. The van der Waals surface area contributed by atoms with Gasteiger partial charge in [-0.15, -0.1) is 11.3 Å². The molecule has 6 heteroatoms. The highest BCUT2D eigenvalue weighted by Gasteiger charge is 2.44. The molecule has 2 aliphatic rings. The minimum atomic E-state index is -0.488. The van der Waals surface area contributed by atoms with Gasteiger partial charge in [0.1, 0.15) is 5.01 Å². The van der Waals surface area contributed by atoms with Crippen LogP contribution in [0.25, 0.3) is 16.3 Å². The fraction of sp³-hybridized carbons (Fsp3) is 0.238. The van der Waals surface area contributed by atoms with Crippen molar-refractivity contribution in [3.63, 3.8) is 0 Å². The largest absolute Gasteiger partial charge is 0.448 e. The molecule has 1 amide bonds. The molecular weight excluding hydrogens is 360 g/mol. The summed E-state index contributed by atoms with van der Waals surface area (Å²) in [6.07, 6.45) is 7.30. The van der Waals surface area contributed by atoms with Crippen molar-refractivity contribution in [2.45, 2.75) is 31.5 Å². The third-order valence-corrected chi connectivity index (χ3v) is 5.86. The lowest BCUT2D eigenvalue weighted by Gasteiger charge is -2.21. The number of hydrogen-bond acceptors (Lipinski definition) is 5. The SMILES string of the molecule is O=C(/C=C/c1nc2ccccc2s1)Nc1ccc2c(c1)OC1(CCCC1)O2. The van der Waals surface area contributed by atoms with Gasteiger partial charge in [-0.1, -0.05) is 12.1 Å². The molecule has 0 atom stereocenters. The molecule has 2 aromatic carbocycles. The van der Waals surface area contributed by atoms with Gasteiger partial charge in [-0.25, -0.2) is 4.98 Å². The third kappa shape index (κ3) is 3.17. The maximum atomic E-state index is 12.3. The molecule has 0 radical (unpaired) electrons. The first kappa shape index (κ1) is 16.3. The van der Waals surface area contributed by atoms with E-state index in [0.717, 1.165) is 46.7 Å². The summed E-state index contributed by atoms with van der Waals surface area (Å²) in [6.45, 7) is 0. The lowest BCUT2D eigenvalue weighted by Crippen LogP contribution is -2.34. The molecule has 1 saturated carbocycles. The molecule has 1 aliphatic heterocycles. The van der Waals surface area contributed by atoms with Gasteiger partial charge in [0.15, 0.2) is 11.5 Å². The van der Waals surface area contributed by atoms with Crippen molar-refractivity contribution in [3.05, 3.63) is 53.5 Å². The Bertz CT molecular complexity index is 1020. The molecule has 1 spiro atoms. The van der Waals surface area contributed by atoms with Crippen molar-refractivity contribution in [1.82, 2.24) is 4.98 Å². The zero-order valence-electron chi connectivity index (χ0n) is 14.6. The van der Waals surface area contributed by atoms with Crippen LogP contribution < -0.4 is 14.8 Å². The van der Waals surface area contributed by atoms with Crippen LogP contribution in [0.4, 0.5) is 5.69 Å². The molecular formula is C21H18N2O3S. The van der Waals surface area contributed by atoms with Crippen LogP contribution in [0, 0.1) is 0 Å². The Morgan fingerprint density at radius 3 is 2.78 bits per heavy atom. The number of thiazole rings is 1. The zero-order valence-corrected chi connectivity index (χ0v) is 15.4. The second-order valence-corrected chi connectivity index (χ2v) is 7.89. The Morgan fingerprint density at radius 2 is 1.93 bits per heavy atom. The van der Waals surface area contributed by atoms with Crippen LogP contribution in [0.5, 0.6) is 11.5 Å². The van der Waals surface area contributed by atoms with Crippen LogP contribution in [0.15, 0.2) is 48.5 Å². The van der Waals surface area contributed by atoms with Crippen molar-refractivity contribution in [2.24, 2.45) is 0 Å². The molecule has 1 aliphatic carbocycles. The molecule has 0 bridgehead atoms. The van der Waals surface area contributed by atoms with E-state index in [1.165, 1.54) is 6.08 Å². The second kappa shape index (κ2) is 6.39. The lowest BCUT2D eigenvalue weighted by molar-refractivity contribution is -0.111. The molecule has 5 nitrogen and oxygen atoms in total. The van der Waals surface area contributed by atoms with Crippen LogP contribution in [0.1, 0.15) is 30.7 Å². The number of rotatable bonds is 3. The number of anilines is 1. The molecule has 1 N–H and O–H groups in total. The van der Waals surface area contributed by atoms with E-state index < -0.39 is 5.79 Å². The van der Waals surface area contributed by atoms with E-state index in [2.05, 4.69) is 10.3 Å². The van der Waals surface area contributed by atoms with Crippen molar-refractivity contribution in [3.8, 4) is 11.5 Å². The van der Waals surface area contributed by atoms with E-state index in [1.807, 2.05) is 42.5 Å². The Hall–Kier alpha value is -2.86. The lowest BCUT2D eigenvalue weighted by atomic mass is 10.2. The predicted molar refractivity (Wildman–Crippen MR) is 106 cm³/mol. The minimum Gasteiger partial charge on any atom is -0.448 e. The fourth-order valence-electron chi connectivity index (χ4n) is 3.58. The van der Waals surface area contributed by atoms with Gasteiger partial charge in [0.25, 0.3) is 5.79 Å². The number of para-hydroxylation sites is 1. The Labute approximate surface area is 160 Å². The predicted octanol–water partition coefficient (Wildman–Crippen LogP) is 4.99. The maximum absolute atomic E-state index is 12.3. The summed E-state index contributed by atoms with van der Waals surface area (Å²) in [5.74, 6) is 0.756. The summed E-state index contributed by atoms with van der Waals surface area (Å²) >= 11 is 1.56. The molecule has 5 rings (SSSR count). The van der Waals surface area contributed by atoms with Gasteiger partial charge in [0.05, 0.1) is 10.2 Å². The normalized spacial score (nSPS) is 17.2. The van der Waals surface area contributed by atoms with Crippen molar-refractivity contribution in [2.75, 3.05) is 5.32 Å². The minimum absolute atomic E-state index is 0.205. The highest BCUT2D eigenvalue weighted by Crippen LogP contribution is 2.47. The monoisotopic (exact) mass is 378 g/mol. The van der Waals surface area contributed by atoms with Crippen molar-refractivity contribution >= 4 is 39.2 Å². The summed E-state index contributed by atoms with van der Waals surface area (Å²) in [5.41, 5.74) is 1.63. The van der Waals surface area contributed by atoms with Crippen LogP contribution >= 0.6 is 11.3 Å². The quantitative estimate of drug-likeness (QED) is 0.652. The average molecular weight is 378 g/mol. The summed E-state index contributed by atoms with van der Waals surface area (Å²) < 4.78 is 13.1. The Kier molecular flexibility index (Phi) is 3.86. The van der Waals surface area contributed by atoms with E-state index in [1.54, 1.807) is 17.4 Å². The van der Waals surface area contributed by atoms with Gasteiger partial charge in [-0.2, -0.15) is 0 Å². The van der Waals surface area contributed by atoms with E-state index in [0.29, 0.717) is 11.4 Å². The number of amides is 1. The zero-order chi connectivity index (χ0) is 18.3. The molecule has 27 heavy (non-hydrogen) atoms. The summed E-state index contributed by atoms with van der Waals surface area (Å²) in [5, 5.41) is 3.68. The summed E-state index contributed by atoms with van der Waals surface area (Å²) in [4.78, 5) is 16.8. The average Bonchev–Trinajstić information content (AvgIpc) is 3.37. The van der Waals surface area contributed by atoms with Crippen LogP contribution in [-0.2, 0) is 4.79 Å². The van der Waals surface area contributed by atoms with E-state index >= 15 is 0 Å². The first-order chi connectivity index (χ1) is 13.2. The number of nitrogens with one attached hydrogen (secondary N) is 1. The molecule has 3 aromatic rings. The van der Waals surface area contributed by atoms with Gasteiger partial charge in [0.2, 0.25) is 5.91 Å². The van der Waals surface area contributed by atoms with Crippen LogP contribution in [-0.4, -0.2) is 16.7 Å². The molecule has 0 saturated heterocycles. The molecule has 2 heterocycles. The van der Waals surface area contributed by atoms with Crippen LogP contribution in [0.2, 0.25) is 0 Å². The molecule has 1 fully saturated rings. The highest BCUT2D eigenvalue weighted by molar-refractivity contribution is 7.19. The fourth-order valence-corrected chi connectivity index (χ4v) is 4.45. The van der Waals surface area contributed by atoms with Gasteiger partial charge in [0, 0.05) is 30.7 Å². The molecule has 1 aromatic heterocycles. The number of aromatic nitrogens is 1. The number of nitrogens with zero attached hydrogens (tertiary/aromatic N) is 1. The number of carbonyl (C=O) groups is 1. The first-order valence-corrected chi connectivity index (χ1v) is 9.88. The smallest absolute Gasteiger partial charge is 0.251 e. The number of carbonyl (C=O) groups excluding carboxylic acids is 1. The van der Waals surface area contributed by atoms with Crippen molar-refractivity contribution in [1.29, 1.82) is 0 Å². The van der Waals surface area contributed by atoms with Gasteiger partial charge in [-0.3, -0.25) is 4.79 Å². The molecule has 136 valence electrons. The topological polar surface area (TPSA) is 60.5 Å². The van der Waals surface area contributed by atoms with E-state index in [-0.39, 0.29) is 5.91 Å². The number of hydrogen-bond donors (Lipinski definition) is 1. The number of benzene rings is 2. The number of ether oxygens (including phenoxy) is 2. The van der Waals surface area contributed by atoms with E-state index in [9.17, 15) is 4.79 Å². The van der Waals surface area contributed by atoms with Crippen LogP contribution in [0.3, 0.4) is 0 Å². The van der Waals surface area contributed by atoms with Gasteiger partial charge < -0.3 is 14.8 Å². The van der Waals surface area contributed by atoms with Crippen molar-refractivity contribution < 1.29 is 14.3 Å². The van der Waals surface area contributed by atoms with Gasteiger partial charge >= 0.3 is 0 Å². The first-order valence-electron chi connectivity index (χ1n) is 9.06. The Morgan fingerprint density at radius 1 is 1.11 bits per heavy atom.